The van der Waals surface area contributed by atoms with Crippen molar-refractivity contribution >= 4 is 17.7 Å². The highest BCUT2D eigenvalue weighted by atomic mass is 32.2. The Morgan fingerprint density at radius 2 is 2.11 bits per heavy atom. The van der Waals surface area contributed by atoms with Crippen molar-refractivity contribution in [1.82, 2.24) is 5.32 Å². The van der Waals surface area contributed by atoms with Gasteiger partial charge in [-0.3, -0.25) is 4.79 Å². The van der Waals surface area contributed by atoms with E-state index in [1.807, 2.05) is 36.0 Å². The molecular formula is C14H20N2OS. The smallest absolute Gasteiger partial charge is 0.251 e. The van der Waals surface area contributed by atoms with Crippen LogP contribution in [0.3, 0.4) is 0 Å². The average molecular weight is 264 g/mol. The number of nitrogens with two attached hydrogens (primary N) is 1. The standard InChI is InChI=1S/C14H20N2OS/c15-9-11-4-6-12(7-5-11)14(17)16-10-13-3-1-2-8-18-13/h4-7,13H,1-3,8-10,15H2,(H,16,17). The Morgan fingerprint density at radius 1 is 1.33 bits per heavy atom. The summed E-state index contributed by atoms with van der Waals surface area (Å²) in [5.41, 5.74) is 7.29. The van der Waals surface area contributed by atoms with Crippen molar-refractivity contribution in [2.75, 3.05) is 12.3 Å². The van der Waals surface area contributed by atoms with Crippen LogP contribution in [0.1, 0.15) is 35.2 Å². The molecule has 1 saturated heterocycles. The van der Waals surface area contributed by atoms with Crippen LogP contribution in [0.2, 0.25) is 0 Å². The molecule has 0 spiro atoms. The minimum absolute atomic E-state index is 0.0183. The van der Waals surface area contributed by atoms with Crippen LogP contribution in [-0.2, 0) is 6.54 Å². The zero-order valence-electron chi connectivity index (χ0n) is 10.5. The molecule has 1 fully saturated rings. The van der Waals surface area contributed by atoms with E-state index < -0.39 is 0 Å². The monoisotopic (exact) mass is 264 g/mol. The van der Waals surface area contributed by atoms with E-state index in [2.05, 4.69) is 5.32 Å². The maximum Gasteiger partial charge on any atom is 0.251 e. The lowest BCUT2D eigenvalue weighted by molar-refractivity contribution is 0.0953. The Kier molecular flexibility index (Phi) is 5.08. The lowest BCUT2D eigenvalue weighted by atomic mass is 10.1. The number of thioether (sulfide) groups is 1. The zero-order valence-corrected chi connectivity index (χ0v) is 11.3. The molecule has 0 saturated carbocycles. The molecule has 98 valence electrons. The normalized spacial score (nSPS) is 19.5. The molecule has 18 heavy (non-hydrogen) atoms. The van der Waals surface area contributed by atoms with E-state index >= 15 is 0 Å². The van der Waals surface area contributed by atoms with Gasteiger partial charge in [0.25, 0.3) is 5.91 Å². The summed E-state index contributed by atoms with van der Waals surface area (Å²) in [6.07, 6.45) is 3.82. The number of carbonyl (C=O) groups excluding carboxylic acids is 1. The molecule has 1 aromatic carbocycles. The van der Waals surface area contributed by atoms with Crippen LogP contribution in [0.4, 0.5) is 0 Å². The quantitative estimate of drug-likeness (QED) is 0.876. The van der Waals surface area contributed by atoms with Gasteiger partial charge in [0.2, 0.25) is 0 Å². The van der Waals surface area contributed by atoms with Crippen LogP contribution in [0, 0.1) is 0 Å². The van der Waals surface area contributed by atoms with Crippen LogP contribution in [-0.4, -0.2) is 23.5 Å². The fourth-order valence-electron chi connectivity index (χ4n) is 2.07. The lowest BCUT2D eigenvalue weighted by Crippen LogP contribution is -2.31. The first-order valence-corrected chi connectivity index (χ1v) is 7.53. The fourth-order valence-corrected chi connectivity index (χ4v) is 3.31. The average Bonchev–Trinajstić information content (AvgIpc) is 2.46. The molecule has 0 bridgehead atoms. The lowest BCUT2D eigenvalue weighted by Gasteiger charge is -2.21. The summed E-state index contributed by atoms with van der Waals surface area (Å²) in [6.45, 7) is 1.29. The third-order valence-corrected chi connectivity index (χ3v) is 4.61. The van der Waals surface area contributed by atoms with E-state index in [1.165, 1.54) is 25.0 Å². The number of hydrogen-bond donors (Lipinski definition) is 2. The summed E-state index contributed by atoms with van der Waals surface area (Å²) in [4.78, 5) is 11.9. The van der Waals surface area contributed by atoms with E-state index in [0.717, 1.165) is 12.1 Å². The van der Waals surface area contributed by atoms with Crippen molar-refractivity contribution in [3.63, 3.8) is 0 Å². The second-order valence-corrected chi connectivity index (χ2v) is 6.01. The maximum atomic E-state index is 11.9. The van der Waals surface area contributed by atoms with Gasteiger partial charge in [-0.15, -0.1) is 0 Å². The van der Waals surface area contributed by atoms with Crippen molar-refractivity contribution in [1.29, 1.82) is 0 Å². The summed E-state index contributed by atoms with van der Waals surface area (Å²) in [7, 11) is 0. The van der Waals surface area contributed by atoms with E-state index in [1.54, 1.807) is 0 Å². The largest absolute Gasteiger partial charge is 0.351 e. The van der Waals surface area contributed by atoms with Gasteiger partial charge in [-0.1, -0.05) is 18.6 Å². The van der Waals surface area contributed by atoms with E-state index in [-0.39, 0.29) is 5.91 Å². The molecule has 1 amide bonds. The molecule has 2 rings (SSSR count). The summed E-state index contributed by atoms with van der Waals surface area (Å²) in [5, 5.41) is 3.60. The highest BCUT2D eigenvalue weighted by molar-refractivity contribution is 7.99. The number of benzene rings is 1. The predicted molar refractivity (Wildman–Crippen MR) is 76.8 cm³/mol. The third kappa shape index (κ3) is 3.75. The van der Waals surface area contributed by atoms with Gasteiger partial charge >= 0.3 is 0 Å². The van der Waals surface area contributed by atoms with E-state index in [4.69, 9.17) is 5.73 Å². The molecule has 1 aliphatic rings. The molecule has 1 aromatic rings. The molecule has 0 aliphatic carbocycles. The van der Waals surface area contributed by atoms with Crippen LogP contribution in [0.25, 0.3) is 0 Å². The van der Waals surface area contributed by atoms with Crippen molar-refractivity contribution in [2.45, 2.75) is 31.1 Å². The predicted octanol–water partition coefficient (Wildman–Crippen LogP) is 2.16. The SMILES string of the molecule is NCc1ccc(C(=O)NCC2CCCCS2)cc1. The zero-order chi connectivity index (χ0) is 12.8. The van der Waals surface area contributed by atoms with Gasteiger partial charge in [-0.05, 0) is 36.3 Å². The molecule has 1 unspecified atom stereocenters. The number of rotatable bonds is 4. The van der Waals surface area contributed by atoms with Crippen LogP contribution < -0.4 is 11.1 Å². The van der Waals surface area contributed by atoms with Crippen molar-refractivity contribution in [3.05, 3.63) is 35.4 Å². The number of carbonyl (C=O) groups is 1. The summed E-state index contributed by atoms with van der Waals surface area (Å²) in [6, 6.07) is 7.49. The summed E-state index contributed by atoms with van der Waals surface area (Å²) < 4.78 is 0. The van der Waals surface area contributed by atoms with Gasteiger partial charge < -0.3 is 11.1 Å². The minimum Gasteiger partial charge on any atom is -0.351 e. The second-order valence-electron chi connectivity index (χ2n) is 4.60. The number of amides is 1. The number of nitrogens with one attached hydrogen (secondary N) is 1. The van der Waals surface area contributed by atoms with Gasteiger partial charge in [0, 0.05) is 23.9 Å². The highest BCUT2D eigenvalue weighted by Crippen LogP contribution is 2.24. The Balaban J connectivity index is 1.82. The Bertz CT molecular complexity index is 385. The maximum absolute atomic E-state index is 11.9. The molecule has 0 radical (unpaired) electrons. The van der Waals surface area contributed by atoms with Gasteiger partial charge in [-0.25, -0.2) is 0 Å². The van der Waals surface area contributed by atoms with Gasteiger partial charge in [-0.2, -0.15) is 11.8 Å². The summed E-state index contributed by atoms with van der Waals surface area (Å²) >= 11 is 1.98. The third-order valence-electron chi connectivity index (χ3n) is 3.22. The summed E-state index contributed by atoms with van der Waals surface area (Å²) in [5.74, 6) is 1.25. The van der Waals surface area contributed by atoms with E-state index in [9.17, 15) is 4.79 Å². The Labute approximate surface area is 113 Å². The minimum atomic E-state index is 0.0183. The second kappa shape index (κ2) is 6.81. The first-order valence-electron chi connectivity index (χ1n) is 6.48. The number of hydrogen-bond acceptors (Lipinski definition) is 3. The molecule has 0 aromatic heterocycles. The van der Waals surface area contributed by atoms with Gasteiger partial charge in [0.15, 0.2) is 0 Å². The molecule has 1 aliphatic heterocycles. The first-order chi connectivity index (χ1) is 8.79. The Hall–Kier alpha value is -1.00. The molecule has 4 heteroatoms. The Morgan fingerprint density at radius 3 is 2.72 bits per heavy atom. The molecular weight excluding hydrogens is 244 g/mol. The van der Waals surface area contributed by atoms with Crippen molar-refractivity contribution < 1.29 is 4.79 Å². The van der Waals surface area contributed by atoms with Crippen LogP contribution in [0.15, 0.2) is 24.3 Å². The molecule has 1 heterocycles. The van der Waals surface area contributed by atoms with Crippen molar-refractivity contribution in [3.8, 4) is 0 Å². The van der Waals surface area contributed by atoms with Crippen LogP contribution in [0.5, 0.6) is 0 Å². The topological polar surface area (TPSA) is 55.1 Å². The molecule has 3 nitrogen and oxygen atoms in total. The first kappa shape index (κ1) is 13.4. The van der Waals surface area contributed by atoms with Crippen molar-refractivity contribution in [2.24, 2.45) is 5.73 Å². The van der Waals surface area contributed by atoms with Crippen LogP contribution >= 0.6 is 11.8 Å². The molecule has 3 N–H and O–H groups in total. The van der Waals surface area contributed by atoms with Gasteiger partial charge in [0.05, 0.1) is 0 Å². The van der Waals surface area contributed by atoms with Gasteiger partial charge in [0.1, 0.15) is 0 Å². The molecule has 1 atom stereocenters. The highest BCUT2D eigenvalue weighted by Gasteiger charge is 2.15. The fraction of sp³-hybridized carbons (Fsp3) is 0.500. The van der Waals surface area contributed by atoms with E-state index in [0.29, 0.717) is 17.4 Å².